The molecule has 0 bridgehead atoms. The number of rotatable bonds is 7. The minimum absolute atomic E-state index is 0.130. The molecule has 5 heteroatoms. The molecule has 1 atom stereocenters. The molecule has 2 amide bonds. The van der Waals surface area contributed by atoms with E-state index in [4.69, 9.17) is 0 Å². The fourth-order valence-corrected chi connectivity index (χ4v) is 3.44. The molecule has 1 unspecified atom stereocenters. The number of likely N-dealkylation sites (N-methyl/N-ethyl adjacent to an activating group) is 2. The molecule has 4 nitrogen and oxygen atoms in total. The average Bonchev–Trinajstić information content (AvgIpc) is 2.75. The first-order chi connectivity index (χ1) is 14.0. The van der Waals surface area contributed by atoms with Crippen molar-refractivity contribution in [2.75, 3.05) is 14.1 Å². The topological polar surface area (TPSA) is 49.4 Å². The van der Waals surface area contributed by atoms with Gasteiger partial charge in [-0.3, -0.25) is 9.59 Å². The maximum Gasteiger partial charge on any atom is 0.242 e. The van der Waals surface area contributed by atoms with Crippen molar-refractivity contribution in [2.24, 2.45) is 0 Å². The van der Waals surface area contributed by atoms with Crippen molar-refractivity contribution in [1.29, 1.82) is 0 Å². The lowest BCUT2D eigenvalue weighted by Gasteiger charge is -2.27. The number of fused-ring (bicyclic) bond motifs is 1. The first kappa shape index (κ1) is 20.5. The van der Waals surface area contributed by atoms with Crippen LogP contribution in [0.4, 0.5) is 4.39 Å². The van der Waals surface area contributed by atoms with Crippen LogP contribution in [0.15, 0.2) is 66.7 Å². The molecule has 29 heavy (non-hydrogen) atoms. The highest BCUT2D eigenvalue weighted by molar-refractivity contribution is 5.88. The molecule has 0 fully saturated rings. The quantitative estimate of drug-likeness (QED) is 0.666. The van der Waals surface area contributed by atoms with Crippen LogP contribution in [-0.2, 0) is 22.4 Å². The minimum Gasteiger partial charge on any atom is -0.357 e. The Morgan fingerprint density at radius 3 is 2.41 bits per heavy atom. The van der Waals surface area contributed by atoms with Crippen LogP contribution in [0.25, 0.3) is 10.8 Å². The highest BCUT2D eigenvalue weighted by Gasteiger charge is 2.27. The number of aryl methyl sites for hydroxylation is 1. The first-order valence-electron chi connectivity index (χ1n) is 9.68. The smallest absolute Gasteiger partial charge is 0.242 e. The van der Waals surface area contributed by atoms with Gasteiger partial charge in [-0.05, 0) is 34.4 Å². The van der Waals surface area contributed by atoms with Crippen molar-refractivity contribution >= 4 is 22.6 Å². The number of amides is 2. The standard InChI is InChI=1S/C24H25FN2O2/c1-26-24(29)22(16-20-9-5-6-10-21(20)25)27(2)23(28)14-12-17-11-13-18-7-3-4-8-19(18)15-17/h3-11,13,15,22H,12,14,16H2,1-2H3,(H,26,29). The maximum atomic E-state index is 14.0. The van der Waals surface area contributed by atoms with E-state index in [2.05, 4.69) is 17.4 Å². The Morgan fingerprint density at radius 2 is 1.69 bits per heavy atom. The van der Waals surface area contributed by atoms with E-state index in [1.807, 2.05) is 30.3 Å². The minimum atomic E-state index is -0.763. The second kappa shape index (κ2) is 9.32. The van der Waals surface area contributed by atoms with Gasteiger partial charge in [-0.15, -0.1) is 0 Å². The summed E-state index contributed by atoms with van der Waals surface area (Å²) in [5.41, 5.74) is 1.48. The molecule has 0 spiro atoms. The van der Waals surface area contributed by atoms with Gasteiger partial charge in [0.05, 0.1) is 0 Å². The maximum absolute atomic E-state index is 14.0. The van der Waals surface area contributed by atoms with Crippen LogP contribution in [0.1, 0.15) is 17.5 Å². The van der Waals surface area contributed by atoms with Crippen LogP contribution >= 0.6 is 0 Å². The Bertz CT molecular complexity index is 1020. The van der Waals surface area contributed by atoms with E-state index in [0.717, 1.165) is 16.3 Å². The molecule has 0 aliphatic heterocycles. The summed E-state index contributed by atoms with van der Waals surface area (Å²) in [5, 5.41) is 4.87. The van der Waals surface area contributed by atoms with Crippen molar-refractivity contribution in [3.63, 3.8) is 0 Å². The van der Waals surface area contributed by atoms with Gasteiger partial charge in [0.2, 0.25) is 11.8 Å². The summed E-state index contributed by atoms with van der Waals surface area (Å²) in [6.45, 7) is 0. The van der Waals surface area contributed by atoms with Crippen LogP contribution in [0.2, 0.25) is 0 Å². The van der Waals surface area contributed by atoms with E-state index in [9.17, 15) is 14.0 Å². The summed E-state index contributed by atoms with van der Waals surface area (Å²) in [6.07, 6.45) is 0.984. The van der Waals surface area contributed by atoms with E-state index >= 15 is 0 Å². The van der Waals surface area contributed by atoms with Crippen LogP contribution in [0.5, 0.6) is 0 Å². The van der Waals surface area contributed by atoms with Gasteiger partial charge in [-0.25, -0.2) is 4.39 Å². The predicted octanol–water partition coefficient (Wildman–Crippen LogP) is 3.73. The molecule has 0 saturated carbocycles. The fraction of sp³-hybridized carbons (Fsp3) is 0.250. The third kappa shape index (κ3) is 4.99. The summed E-state index contributed by atoms with van der Waals surface area (Å²) in [6, 6.07) is 19.8. The Hall–Kier alpha value is -3.21. The Labute approximate surface area is 170 Å². The molecular weight excluding hydrogens is 367 g/mol. The predicted molar refractivity (Wildman–Crippen MR) is 113 cm³/mol. The average molecular weight is 392 g/mol. The van der Waals surface area contributed by atoms with Gasteiger partial charge >= 0.3 is 0 Å². The molecule has 3 rings (SSSR count). The van der Waals surface area contributed by atoms with Crippen molar-refractivity contribution in [2.45, 2.75) is 25.3 Å². The molecule has 0 radical (unpaired) electrons. The van der Waals surface area contributed by atoms with Gasteiger partial charge in [0.1, 0.15) is 11.9 Å². The van der Waals surface area contributed by atoms with Gasteiger partial charge in [0.15, 0.2) is 0 Å². The second-order valence-electron chi connectivity index (χ2n) is 7.11. The fourth-order valence-electron chi connectivity index (χ4n) is 3.44. The lowest BCUT2D eigenvalue weighted by Crippen LogP contribution is -2.48. The zero-order chi connectivity index (χ0) is 20.8. The highest BCUT2D eigenvalue weighted by Crippen LogP contribution is 2.18. The van der Waals surface area contributed by atoms with Crippen LogP contribution in [0.3, 0.4) is 0 Å². The Kier molecular flexibility index (Phi) is 6.60. The highest BCUT2D eigenvalue weighted by atomic mass is 19.1. The van der Waals surface area contributed by atoms with Gasteiger partial charge in [-0.1, -0.05) is 60.7 Å². The van der Waals surface area contributed by atoms with Crippen LogP contribution in [0, 0.1) is 5.82 Å². The number of halogens is 1. The van der Waals surface area contributed by atoms with Gasteiger partial charge < -0.3 is 10.2 Å². The molecule has 3 aromatic carbocycles. The van der Waals surface area contributed by atoms with Gasteiger partial charge in [0, 0.05) is 26.9 Å². The summed E-state index contributed by atoms with van der Waals surface area (Å²) in [4.78, 5) is 26.6. The SMILES string of the molecule is CNC(=O)C(Cc1ccccc1F)N(C)C(=O)CCc1ccc2ccccc2c1. The number of hydrogen-bond acceptors (Lipinski definition) is 2. The Morgan fingerprint density at radius 1 is 1.00 bits per heavy atom. The molecule has 0 heterocycles. The number of nitrogens with zero attached hydrogens (tertiary/aromatic N) is 1. The summed E-state index contributed by atoms with van der Waals surface area (Å²) in [5.74, 6) is -0.837. The molecule has 1 N–H and O–H groups in total. The largest absolute Gasteiger partial charge is 0.357 e. The second-order valence-corrected chi connectivity index (χ2v) is 7.11. The van der Waals surface area contributed by atoms with Crippen molar-refractivity contribution in [3.05, 3.63) is 83.7 Å². The first-order valence-corrected chi connectivity index (χ1v) is 9.68. The molecule has 3 aromatic rings. The number of benzene rings is 3. The van der Waals surface area contributed by atoms with Crippen molar-refractivity contribution in [1.82, 2.24) is 10.2 Å². The van der Waals surface area contributed by atoms with E-state index in [1.54, 1.807) is 25.2 Å². The zero-order valence-electron chi connectivity index (χ0n) is 16.7. The molecular formula is C24H25FN2O2. The third-order valence-corrected chi connectivity index (χ3v) is 5.22. The summed E-state index contributed by atoms with van der Waals surface area (Å²) < 4.78 is 14.0. The van der Waals surface area contributed by atoms with Crippen molar-refractivity contribution < 1.29 is 14.0 Å². The molecule has 150 valence electrons. The van der Waals surface area contributed by atoms with Crippen LogP contribution in [-0.4, -0.2) is 36.9 Å². The molecule has 0 aliphatic carbocycles. The zero-order valence-corrected chi connectivity index (χ0v) is 16.7. The normalized spacial score (nSPS) is 11.8. The summed E-state index contributed by atoms with van der Waals surface area (Å²) in [7, 11) is 3.12. The van der Waals surface area contributed by atoms with E-state index in [-0.39, 0.29) is 30.5 Å². The molecule has 0 aliphatic rings. The van der Waals surface area contributed by atoms with Gasteiger partial charge in [-0.2, -0.15) is 0 Å². The number of nitrogens with one attached hydrogen (secondary N) is 1. The summed E-state index contributed by atoms with van der Waals surface area (Å²) >= 11 is 0. The monoisotopic (exact) mass is 392 g/mol. The lowest BCUT2D eigenvalue weighted by molar-refractivity contribution is -0.138. The van der Waals surface area contributed by atoms with Crippen molar-refractivity contribution in [3.8, 4) is 0 Å². The number of carbonyl (C=O) groups excluding carboxylic acids is 2. The molecule has 0 saturated heterocycles. The Balaban J connectivity index is 1.69. The number of hydrogen-bond donors (Lipinski definition) is 1. The van der Waals surface area contributed by atoms with E-state index in [1.165, 1.54) is 18.0 Å². The van der Waals surface area contributed by atoms with E-state index < -0.39 is 6.04 Å². The third-order valence-electron chi connectivity index (χ3n) is 5.22. The lowest BCUT2D eigenvalue weighted by atomic mass is 10.0. The van der Waals surface area contributed by atoms with Gasteiger partial charge in [0.25, 0.3) is 0 Å². The number of carbonyl (C=O) groups is 2. The van der Waals surface area contributed by atoms with E-state index in [0.29, 0.717) is 12.0 Å². The van der Waals surface area contributed by atoms with Crippen LogP contribution < -0.4 is 5.32 Å². The molecule has 0 aromatic heterocycles.